The number of carbonyl (C=O) groups excluding carboxylic acids is 1. The van der Waals surface area contributed by atoms with Crippen LogP contribution in [0.1, 0.15) is 18.3 Å². The first-order valence-electron chi connectivity index (χ1n) is 5.50. The van der Waals surface area contributed by atoms with Crippen molar-refractivity contribution in [2.45, 2.75) is 19.3 Å². The van der Waals surface area contributed by atoms with Crippen LogP contribution in [0.4, 0.5) is 14.6 Å². The summed E-state index contributed by atoms with van der Waals surface area (Å²) in [6, 6.07) is 3.94. The molecule has 0 spiro atoms. The van der Waals surface area contributed by atoms with Gasteiger partial charge in [-0.25, -0.2) is 18.7 Å². The molecule has 100 valence electrons. The minimum Gasteiger partial charge on any atom is -0.383 e. The van der Waals surface area contributed by atoms with Crippen LogP contribution in [-0.2, 0) is 17.1 Å². The predicted molar refractivity (Wildman–Crippen MR) is 66.4 cm³/mol. The van der Waals surface area contributed by atoms with Gasteiger partial charge >= 0.3 is 0 Å². The molecule has 7 heteroatoms. The molecule has 0 aliphatic rings. The molecule has 0 radical (unpaired) electrons. The lowest BCUT2D eigenvalue weighted by molar-refractivity contribution is -0.117. The number of alkyl halides is 2. The summed E-state index contributed by atoms with van der Waals surface area (Å²) in [6.07, 6.45) is -0.147. The number of hydrogen-bond donors (Lipinski definition) is 2. The van der Waals surface area contributed by atoms with Crippen LogP contribution in [0.5, 0.6) is 0 Å². The Morgan fingerprint density at radius 1 is 1.37 bits per heavy atom. The highest BCUT2D eigenvalue weighted by molar-refractivity contribution is 5.89. The van der Waals surface area contributed by atoms with E-state index in [9.17, 15) is 13.6 Å². The number of aromatic nitrogens is 2. The van der Waals surface area contributed by atoms with Crippen molar-refractivity contribution < 1.29 is 13.6 Å². The Morgan fingerprint density at radius 2 is 2.05 bits per heavy atom. The van der Waals surface area contributed by atoms with Crippen molar-refractivity contribution in [1.29, 1.82) is 0 Å². The van der Waals surface area contributed by atoms with Crippen molar-refractivity contribution in [1.82, 2.24) is 9.97 Å². The molecule has 0 unspecified atom stereocenters. The highest BCUT2D eigenvalue weighted by atomic mass is 19.3. The molecule has 4 N–H and O–H groups in total. The number of primary amides is 1. The molecule has 0 aliphatic carbocycles. The second-order valence-corrected chi connectivity index (χ2v) is 4.29. The van der Waals surface area contributed by atoms with E-state index >= 15 is 0 Å². The third kappa shape index (κ3) is 2.75. The fourth-order valence-electron chi connectivity index (χ4n) is 1.71. The average Bonchev–Trinajstić information content (AvgIpc) is 2.26. The smallest absolute Gasteiger partial charge is 0.270 e. The second kappa shape index (κ2) is 4.42. The maximum absolute atomic E-state index is 13.2. The lowest BCUT2D eigenvalue weighted by atomic mass is 10.1. The van der Waals surface area contributed by atoms with E-state index in [2.05, 4.69) is 9.97 Å². The number of carbonyl (C=O) groups is 1. The first-order chi connectivity index (χ1) is 8.77. The molecule has 0 aliphatic heterocycles. The topological polar surface area (TPSA) is 94.9 Å². The van der Waals surface area contributed by atoms with E-state index in [-0.39, 0.29) is 23.6 Å². The fourth-order valence-corrected chi connectivity index (χ4v) is 1.71. The molecule has 1 heterocycles. The molecule has 2 rings (SSSR count). The highest BCUT2D eigenvalue weighted by Crippen LogP contribution is 2.30. The van der Waals surface area contributed by atoms with Crippen LogP contribution >= 0.6 is 0 Å². The second-order valence-electron chi connectivity index (χ2n) is 4.29. The Kier molecular flexibility index (Phi) is 3.05. The van der Waals surface area contributed by atoms with Gasteiger partial charge in [0.15, 0.2) is 0 Å². The summed E-state index contributed by atoms with van der Waals surface area (Å²) in [5.41, 5.74) is 11.0. The zero-order valence-corrected chi connectivity index (χ0v) is 10.2. The van der Waals surface area contributed by atoms with Crippen molar-refractivity contribution in [3.05, 3.63) is 29.6 Å². The third-order valence-corrected chi connectivity index (χ3v) is 2.61. The zero-order chi connectivity index (χ0) is 14.2. The SMILES string of the molecule is CC(F)(F)c1ccc2nc(CC(N)=O)nc(N)c2c1. The molecule has 2 aromatic rings. The zero-order valence-electron chi connectivity index (χ0n) is 10.2. The largest absolute Gasteiger partial charge is 0.383 e. The molecule has 0 fully saturated rings. The number of benzene rings is 1. The quantitative estimate of drug-likeness (QED) is 0.876. The summed E-state index contributed by atoms with van der Waals surface area (Å²) in [5.74, 6) is -3.33. The van der Waals surface area contributed by atoms with E-state index in [0.29, 0.717) is 10.9 Å². The summed E-state index contributed by atoms with van der Waals surface area (Å²) >= 11 is 0. The first kappa shape index (κ1) is 13.1. The Labute approximate surface area is 107 Å². The number of rotatable bonds is 3. The number of halogens is 2. The van der Waals surface area contributed by atoms with Gasteiger partial charge in [0.1, 0.15) is 11.6 Å². The minimum atomic E-state index is -2.97. The van der Waals surface area contributed by atoms with Gasteiger partial charge in [-0.1, -0.05) is 6.07 Å². The average molecular weight is 266 g/mol. The standard InChI is InChI=1S/C12H12F2N4O/c1-12(13,14)6-2-3-8-7(4-6)11(16)18-10(17-8)5-9(15)19/h2-4H,5H2,1H3,(H2,15,19)(H2,16,17,18). The van der Waals surface area contributed by atoms with E-state index in [4.69, 9.17) is 11.5 Å². The van der Waals surface area contributed by atoms with Crippen molar-refractivity contribution in [2.24, 2.45) is 5.73 Å². The molecule has 0 bridgehead atoms. The lowest BCUT2D eigenvalue weighted by Gasteiger charge is -2.12. The van der Waals surface area contributed by atoms with Gasteiger partial charge < -0.3 is 11.5 Å². The number of nitrogens with two attached hydrogens (primary N) is 2. The van der Waals surface area contributed by atoms with Gasteiger partial charge in [-0.2, -0.15) is 0 Å². The van der Waals surface area contributed by atoms with Gasteiger partial charge in [0.25, 0.3) is 5.92 Å². The van der Waals surface area contributed by atoms with E-state index in [1.807, 2.05) is 0 Å². The van der Waals surface area contributed by atoms with E-state index in [1.54, 1.807) is 0 Å². The van der Waals surface area contributed by atoms with Crippen LogP contribution in [0.15, 0.2) is 18.2 Å². The third-order valence-electron chi connectivity index (χ3n) is 2.61. The number of nitrogens with zero attached hydrogens (tertiary/aromatic N) is 2. The molecular formula is C12H12F2N4O. The molecule has 1 amide bonds. The van der Waals surface area contributed by atoms with Gasteiger partial charge in [0, 0.05) is 17.9 Å². The summed E-state index contributed by atoms with van der Waals surface area (Å²) in [6.45, 7) is 0.798. The van der Waals surface area contributed by atoms with Gasteiger partial charge in [-0.05, 0) is 12.1 Å². The molecule has 1 aromatic heterocycles. The van der Waals surface area contributed by atoms with Crippen molar-refractivity contribution in [3.8, 4) is 0 Å². The van der Waals surface area contributed by atoms with Crippen LogP contribution in [0.2, 0.25) is 0 Å². The number of amides is 1. The van der Waals surface area contributed by atoms with Gasteiger partial charge in [0.2, 0.25) is 5.91 Å². The van der Waals surface area contributed by atoms with E-state index in [0.717, 1.165) is 6.92 Å². The van der Waals surface area contributed by atoms with Crippen LogP contribution < -0.4 is 11.5 Å². The van der Waals surface area contributed by atoms with Crippen LogP contribution in [-0.4, -0.2) is 15.9 Å². The Balaban J connectivity index is 2.57. The molecular weight excluding hydrogens is 254 g/mol. The van der Waals surface area contributed by atoms with Crippen molar-refractivity contribution >= 4 is 22.6 Å². The maximum Gasteiger partial charge on any atom is 0.270 e. The van der Waals surface area contributed by atoms with Gasteiger partial charge in [0.05, 0.1) is 11.9 Å². The first-order valence-corrected chi connectivity index (χ1v) is 5.50. The Hall–Kier alpha value is -2.31. The van der Waals surface area contributed by atoms with Gasteiger partial charge in [-0.3, -0.25) is 4.79 Å². The molecule has 1 aromatic carbocycles. The fraction of sp³-hybridized carbons (Fsp3) is 0.250. The monoisotopic (exact) mass is 266 g/mol. The Bertz CT molecular complexity index is 652. The summed E-state index contributed by atoms with van der Waals surface area (Å²) in [5, 5.41) is 0.326. The van der Waals surface area contributed by atoms with E-state index < -0.39 is 11.8 Å². The number of fused-ring (bicyclic) bond motifs is 1. The van der Waals surface area contributed by atoms with E-state index in [1.165, 1.54) is 18.2 Å². The molecule has 0 saturated heterocycles. The summed E-state index contributed by atoms with van der Waals surface area (Å²) < 4.78 is 26.4. The minimum absolute atomic E-state index is 0.0485. The highest BCUT2D eigenvalue weighted by Gasteiger charge is 2.24. The van der Waals surface area contributed by atoms with Crippen molar-refractivity contribution in [3.63, 3.8) is 0 Å². The lowest BCUT2D eigenvalue weighted by Crippen LogP contribution is -2.16. The molecule has 19 heavy (non-hydrogen) atoms. The van der Waals surface area contributed by atoms with Crippen LogP contribution in [0, 0.1) is 0 Å². The Morgan fingerprint density at radius 3 is 2.63 bits per heavy atom. The molecule has 0 saturated carbocycles. The molecule has 0 atom stereocenters. The maximum atomic E-state index is 13.2. The van der Waals surface area contributed by atoms with Crippen molar-refractivity contribution in [2.75, 3.05) is 5.73 Å². The number of nitrogen functional groups attached to an aromatic ring is 1. The number of hydrogen-bond acceptors (Lipinski definition) is 4. The molecule has 5 nitrogen and oxygen atoms in total. The number of anilines is 1. The predicted octanol–water partition coefficient (Wildman–Crippen LogP) is 1.35. The normalized spacial score (nSPS) is 11.7. The van der Waals surface area contributed by atoms with Crippen LogP contribution in [0.25, 0.3) is 10.9 Å². The summed E-state index contributed by atoms with van der Waals surface area (Å²) in [7, 11) is 0. The van der Waals surface area contributed by atoms with Gasteiger partial charge in [-0.15, -0.1) is 0 Å². The summed E-state index contributed by atoms with van der Waals surface area (Å²) in [4.78, 5) is 18.8. The van der Waals surface area contributed by atoms with Crippen LogP contribution in [0.3, 0.4) is 0 Å².